The number of nitrogens with one attached hydrogen (secondary N) is 1. The summed E-state index contributed by atoms with van der Waals surface area (Å²) in [7, 11) is -2.07. The Morgan fingerprint density at radius 2 is 1.54 bits per heavy atom. The van der Waals surface area contributed by atoms with E-state index < -0.39 is 13.7 Å². The highest BCUT2D eigenvalue weighted by molar-refractivity contribution is 6.95. The van der Waals surface area contributed by atoms with Gasteiger partial charge in [0.2, 0.25) is 0 Å². The molecule has 1 aromatic heterocycles. The molecule has 3 rings (SSSR count). The molecule has 2 atom stereocenters. The zero-order chi connectivity index (χ0) is 26.5. The first-order valence-electron chi connectivity index (χ1n) is 13.3. The number of amides is 1. The van der Waals surface area contributed by atoms with Crippen LogP contribution in [0.5, 0.6) is 0 Å². The van der Waals surface area contributed by atoms with E-state index in [1.54, 1.807) is 0 Å². The van der Waals surface area contributed by atoms with E-state index in [1.807, 2.05) is 25.7 Å². The normalized spacial score (nSPS) is 20.0. The number of aromatic amines is 1. The number of rotatable bonds is 5. The van der Waals surface area contributed by atoms with Gasteiger partial charge in [0.05, 0.1) is 12.6 Å². The fraction of sp³-hybridized carbons (Fsp3) is 0.690. The van der Waals surface area contributed by atoms with Crippen LogP contribution in [0.2, 0.25) is 16.6 Å². The number of carbonyl (C=O) groups excluding carboxylic acids is 1. The van der Waals surface area contributed by atoms with Crippen LogP contribution in [0.25, 0.3) is 10.9 Å². The van der Waals surface area contributed by atoms with E-state index in [2.05, 4.69) is 91.6 Å². The summed E-state index contributed by atoms with van der Waals surface area (Å²) in [5.41, 5.74) is 3.14. The van der Waals surface area contributed by atoms with Crippen molar-refractivity contribution < 1.29 is 14.3 Å². The first-order valence-corrected chi connectivity index (χ1v) is 15.5. The van der Waals surface area contributed by atoms with Crippen molar-refractivity contribution in [3.63, 3.8) is 0 Å². The van der Waals surface area contributed by atoms with Gasteiger partial charge >= 0.3 is 6.09 Å². The molecule has 35 heavy (non-hydrogen) atoms. The third-order valence-corrected chi connectivity index (χ3v) is 14.7. The van der Waals surface area contributed by atoms with Gasteiger partial charge in [-0.05, 0) is 43.5 Å². The number of fused-ring (bicyclic) bond motifs is 1. The van der Waals surface area contributed by atoms with Gasteiger partial charge in [-0.2, -0.15) is 0 Å². The molecule has 1 amide bonds. The Labute approximate surface area is 214 Å². The second kappa shape index (κ2) is 9.58. The number of aromatic nitrogens is 1. The molecule has 0 bridgehead atoms. The molecule has 196 valence electrons. The summed E-state index contributed by atoms with van der Waals surface area (Å²) >= 11 is 0. The molecule has 0 aliphatic carbocycles. The lowest BCUT2D eigenvalue weighted by molar-refractivity contribution is -0.0584. The second-order valence-corrected chi connectivity index (χ2v) is 19.1. The highest BCUT2D eigenvalue weighted by atomic mass is 28.3. The fourth-order valence-electron chi connectivity index (χ4n) is 6.65. The molecule has 2 heterocycles. The van der Waals surface area contributed by atoms with Crippen molar-refractivity contribution in [1.29, 1.82) is 0 Å². The second-order valence-electron chi connectivity index (χ2n) is 13.3. The van der Waals surface area contributed by atoms with Crippen LogP contribution in [0.4, 0.5) is 4.79 Å². The zero-order valence-electron chi connectivity index (χ0n) is 24.1. The molecule has 0 radical (unpaired) electrons. The Morgan fingerprint density at radius 1 is 1.00 bits per heavy atom. The highest BCUT2D eigenvalue weighted by Crippen LogP contribution is 2.46. The number of nitrogens with zero attached hydrogens (tertiary/aromatic N) is 1. The van der Waals surface area contributed by atoms with Crippen LogP contribution < -0.4 is 5.32 Å². The standard InChI is InChI=1S/C29H48N2O3Si/c1-18(2)35(19(3)4,20(5)6)25-24(21-15-13-14-16-22(21)30-25)23-17-33-26(28(7,8)9)31(23)27(32)34-29(10,11)12/h13-16,18-20,23,26,30H,17H2,1-12H3/t23-,26-/m1/s1. The van der Waals surface area contributed by atoms with Crippen LogP contribution in [0, 0.1) is 5.41 Å². The van der Waals surface area contributed by atoms with Gasteiger partial charge in [-0.25, -0.2) is 4.79 Å². The molecule has 1 fully saturated rings. The quantitative estimate of drug-likeness (QED) is 0.427. The average molecular weight is 501 g/mol. The molecule has 1 aliphatic rings. The molecule has 0 unspecified atom stereocenters. The monoisotopic (exact) mass is 500 g/mol. The number of para-hydroxylation sites is 1. The number of benzene rings is 1. The number of ether oxygens (including phenoxy) is 2. The van der Waals surface area contributed by atoms with Crippen LogP contribution in [-0.4, -0.2) is 42.5 Å². The molecular weight excluding hydrogens is 452 g/mol. The summed E-state index contributed by atoms with van der Waals surface area (Å²) < 4.78 is 12.4. The Morgan fingerprint density at radius 3 is 2.03 bits per heavy atom. The summed E-state index contributed by atoms with van der Waals surface area (Å²) in [5.74, 6) is 0. The van der Waals surface area contributed by atoms with Gasteiger partial charge < -0.3 is 14.5 Å². The van der Waals surface area contributed by atoms with Gasteiger partial charge in [0, 0.05) is 27.2 Å². The maximum Gasteiger partial charge on any atom is 0.412 e. The van der Waals surface area contributed by atoms with Crippen LogP contribution in [0.3, 0.4) is 0 Å². The van der Waals surface area contributed by atoms with Crippen molar-refractivity contribution >= 4 is 30.4 Å². The van der Waals surface area contributed by atoms with Gasteiger partial charge in [-0.3, -0.25) is 4.90 Å². The minimum absolute atomic E-state index is 0.205. The van der Waals surface area contributed by atoms with Crippen LogP contribution in [-0.2, 0) is 9.47 Å². The van der Waals surface area contributed by atoms with E-state index in [4.69, 9.17) is 9.47 Å². The molecule has 5 nitrogen and oxygen atoms in total. The van der Waals surface area contributed by atoms with Crippen molar-refractivity contribution in [2.75, 3.05) is 6.61 Å². The lowest BCUT2D eigenvalue weighted by Gasteiger charge is -2.44. The van der Waals surface area contributed by atoms with Gasteiger partial charge in [-0.15, -0.1) is 0 Å². The van der Waals surface area contributed by atoms with E-state index in [9.17, 15) is 4.79 Å². The third-order valence-electron chi connectivity index (χ3n) is 7.72. The molecule has 1 saturated heterocycles. The van der Waals surface area contributed by atoms with Crippen molar-refractivity contribution in [2.45, 2.75) is 118 Å². The topological polar surface area (TPSA) is 54.6 Å². The van der Waals surface area contributed by atoms with Gasteiger partial charge in [0.25, 0.3) is 0 Å². The summed E-state index contributed by atoms with van der Waals surface area (Å²) in [6, 6.07) is 8.34. The molecule has 2 aromatic rings. The number of hydrogen-bond acceptors (Lipinski definition) is 3. The fourth-order valence-corrected chi connectivity index (χ4v) is 13.5. The first-order chi connectivity index (χ1) is 16.0. The molecule has 0 saturated carbocycles. The molecular formula is C29H48N2O3Si. The molecule has 1 aliphatic heterocycles. The summed E-state index contributed by atoms with van der Waals surface area (Å²) in [6.45, 7) is 26.9. The largest absolute Gasteiger partial charge is 0.444 e. The maximum atomic E-state index is 13.7. The zero-order valence-corrected chi connectivity index (χ0v) is 25.1. The van der Waals surface area contributed by atoms with Crippen LogP contribution in [0.1, 0.15) is 94.7 Å². The van der Waals surface area contributed by atoms with Crippen molar-refractivity contribution in [2.24, 2.45) is 5.41 Å². The highest BCUT2D eigenvalue weighted by Gasteiger charge is 2.52. The van der Waals surface area contributed by atoms with E-state index in [0.29, 0.717) is 23.2 Å². The van der Waals surface area contributed by atoms with Gasteiger partial charge in [-0.1, -0.05) is 80.5 Å². The number of hydrogen-bond donors (Lipinski definition) is 1. The predicted molar refractivity (Wildman–Crippen MR) is 149 cm³/mol. The van der Waals surface area contributed by atoms with E-state index >= 15 is 0 Å². The van der Waals surface area contributed by atoms with Crippen molar-refractivity contribution in [3.8, 4) is 0 Å². The minimum Gasteiger partial charge on any atom is -0.444 e. The van der Waals surface area contributed by atoms with E-state index in [0.717, 1.165) is 5.52 Å². The van der Waals surface area contributed by atoms with Crippen LogP contribution in [0.15, 0.2) is 24.3 Å². The average Bonchev–Trinajstić information content (AvgIpc) is 3.27. The van der Waals surface area contributed by atoms with E-state index in [-0.39, 0.29) is 23.8 Å². The van der Waals surface area contributed by atoms with Crippen LogP contribution >= 0.6 is 0 Å². The van der Waals surface area contributed by atoms with Gasteiger partial charge in [0.1, 0.15) is 19.9 Å². The summed E-state index contributed by atoms with van der Waals surface area (Å²) in [4.78, 5) is 19.6. The van der Waals surface area contributed by atoms with E-state index in [1.165, 1.54) is 16.3 Å². The Balaban J connectivity index is 2.33. The number of carbonyl (C=O) groups is 1. The lowest BCUT2D eigenvalue weighted by Crippen LogP contribution is -2.58. The molecule has 1 N–H and O–H groups in total. The predicted octanol–water partition coefficient (Wildman–Crippen LogP) is 7.73. The summed E-state index contributed by atoms with van der Waals surface area (Å²) in [5, 5.41) is 2.56. The van der Waals surface area contributed by atoms with Crippen molar-refractivity contribution in [3.05, 3.63) is 29.8 Å². The summed E-state index contributed by atoms with van der Waals surface area (Å²) in [6.07, 6.45) is -0.667. The smallest absolute Gasteiger partial charge is 0.412 e. The first kappa shape index (κ1) is 27.8. The molecule has 1 aromatic carbocycles. The van der Waals surface area contributed by atoms with Crippen molar-refractivity contribution in [1.82, 2.24) is 9.88 Å². The third kappa shape index (κ3) is 4.93. The molecule has 0 spiro atoms. The number of H-pyrrole nitrogens is 1. The minimum atomic E-state index is -2.07. The lowest BCUT2D eigenvalue weighted by atomic mass is 9.93. The Hall–Kier alpha value is -1.79. The molecule has 6 heteroatoms. The maximum absolute atomic E-state index is 13.7. The Kier molecular flexibility index (Phi) is 7.61. The van der Waals surface area contributed by atoms with Gasteiger partial charge in [0.15, 0.2) is 0 Å². The Bertz CT molecular complexity index is 1020. The SMILES string of the molecule is CC(C)[Si](c1[nH]c2ccccc2c1[C@H]1CO[C@H](C(C)(C)C)N1C(=O)OC(C)(C)C)(C(C)C)C(C)C.